The number of carboxylic acid groups (broad SMARTS) is 1. The molecule has 29 heteroatoms. The number of hydrogen-bond donors (Lipinski definition) is 4. The highest BCUT2D eigenvalue weighted by Gasteiger charge is 2.40. The number of rotatable bonds is 17. The van der Waals surface area contributed by atoms with E-state index in [0.29, 0.717) is 75.2 Å². The van der Waals surface area contributed by atoms with Gasteiger partial charge in [0, 0.05) is 113 Å². The Balaban J connectivity index is 0.000000164. The van der Waals surface area contributed by atoms with Gasteiger partial charge in [0.25, 0.3) is 34.4 Å². The lowest BCUT2D eigenvalue weighted by atomic mass is 9.84. The predicted molar refractivity (Wildman–Crippen MR) is 383 cm³/mol. The molecule has 12 rings (SSSR count). The fraction of sp³-hybridized carbons (Fsp3) is 0.306. The summed E-state index contributed by atoms with van der Waals surface area (Å²) in [6.07, 6.45) is 3.97. The molecule has 0 atom stereocenters. The molecule has 3 aromatic carbocycles. The first-order chi connectivity index (χ1) is 47.7. The van der Waals surface area contributed by atoms with Crippen LogP contribution in [0.1, 0.15) is 110 Å². The second-order valence-corrected chi connectivity index (χ2v) is 29.4. The van der Waals surface area contributed by atoms with Crippen LogP contribution >= 0.6 is 50.7 Å². The molecule has 25 nitrogen and oxygen atoms in total. The summed E-state index contributed by atoms with van der Waals surface area (Å²) in [7, 11) is 1.25. The quantitative estimate of drug-likeness (QED) is 0.0619. The maximum atomic E-state index is 13.3. The van der Waals surface area contributed by atoms with Crippen LogP contribution in [0.25, 0.3) is 33.1 Å². The van der Waals surface area contributed by atoms with Crippen LogP contribution in [0.5, 0.6) is 0 Å². The molecule has 0 unspecified atom stereocenters. The number of carboxylic acids is 1. The first kappa shape index (κ1) is 73.6. The van der Waals surface area contributed by atoms with E-state index in [0.717, 1.165) is 27.5 Å². The number of benzene rings is 3. The van der Waals surface area contributed by atoms with Crippen molar-refractivity contribution in [1.82, 2.24) is 59.3 Å². The lowest BCUT2D eigenvalue weighted by molar-refractivity contribution is -0.142. The van der Waals surface area contributed by atoms with E-state index < -0.39 is 46.3 Å². The van der Waals surface area contributed by atoms with E-state index in [-0.39, 0.29) is 118 Å². The molecular weight excluding hydrogens is 1430 g/mol. The first-order valence-electron chi connectivity index (χ1n) is 31.7. The zero-order chi connectivity index (χ0) is 73.0. The largest absolute Gasteiger partial charge is 0.478 e. The normalized spacial score (nSPS) is 14.5. The molecule has 3 saturated heterocycles. The number of likely N-dealkylation sites (tertiary alicyclic amines) is 3. The zero-order valence-corrected chi connectivity index (χ0v) is 59.8. The van der Waals surface area contributed by atoms with Crippen molar-refractivity contribution in [2.75, 3.05) is 46.4 Å². The molecule has 3 fully saturated rings. The minimum atomic E-state index is -1.19. The third kappa shape index (κ3) is 17.7. The van der Waals surface area contributed by atoms with Gasteiger partial charge in [0.05, 0.1) is 18.2 Å². The van der Waals surface area contributed by atoms with Crippen molar-refractivity contribution in [2.45, 2.75) is 80.8 Å². The number of amides is 6. The van der Waals surface area contributed by atoms with Crippen molar-refractivity contribution in [3.05, 3.63) is 223 Å². The highest BCUT2D eigenvalue weighted by atomic mass is 79.9. The molecule has 4 N–H and O–H groups in total. The average molecular weight is 1500 g/mol. The third-order valence-corrected chi connectivity index (χ3v) is 18.1. The monoisotopic (exact) mass is 1490 g/mol. The maximum Gasteiger partial charge on any atom is 0.339 e. The van der Waals surface area contributed by atoms with Gasteiger partial charge in [-0.25, -0.2) is 24.5 Å². The number of nitrogens with zero attached hydrogens (tertiary/aromatic N) is 9. The van der Waals surface area contributed by atoms with E-state index in [9.17, 15) is 57.8 Å². The van der Waals surface area contributed by atoms with Gasteiger partial charge in [-0.3, -0.25) is 56.9 Å². The van der Waals surface area contributed by atoms with Crippen LogP contribution in [0.3, 0.4) is 0 Å². The van der Waals surface area contributed by atoms with E-state index in [1.165, 1.54) is 52.8 Å². The molecule has 101 heavy (non-hydrogen) atoms. The van der Waals surface area contributed by atoms with Crippen molar-refractivity contribution in [2.24, 2.45) is 16.2 Å². The third-order valence-electron chi connectivity index (χ3n) is 16.9. The molecule has 9 heterocycles. The molecule has 0 radical (unpaired) electrons. The topological polar surface area (TPSA) is 316 Å². The number of ether oxygens (including phenoxy) is 1. The Morgan fingerprint density at radius 2 is 0.743 bits per heavy atom. The second-order valence-electron chi connectivity index (χ2n) is 27.2. The molecule has 3 aliphatic rings. The number of aromatic nitrogens is 6. The average Bonchev–Trinajstić information content (AvgIpc) is 0.776. The number of aromatic carboxylic acids is 1. The SMILES string of the molecule is CC1(C)CN(C(=O)Cn2c(=O)c(C(=O)NCc3ccc(Cl)cc3)cc3cc(Br)cnc32)C1.CC1(C)CN(C(=O)Cn2c(=O)c(C(=O)NCc3ccc(Cl)cc3)cc3cc(C(=O)O)cnc32)C1.COC(=O)c1cnc2c(c1)cc(C(=O)NCc1ccc(Cl)cc1)c(=O)n2CC(=O)N1CC(C)(C)C1. The Hall–Kier alpha value is -10.2. The van der Waals surface area contributed by atoms with E-state index in [2.05, 4.69) is 74.5 Å². The number of hydrogen-bond acceptors (Lipinski definition) is 15. The molecule has 6 aromatic heterocycles. The predicted octanol–water partition coefficient (Wildman–Crippen LogP) is 8.79. The standard InChI is InChI=1S/C25H25ClN4O5.C24H23ClN4O5.C23H22BrClN4O3/c1-25(2)13-29(14-25)20(31)12-30-21-16(8-17(11-27-21)24(34)35-3)9-19(23(30)33)22(32)28-10-15-4-6-18(26)7-5-15;1-24(2)12-28(13-24)19(30)11-29-20-15(7-16(10-26-20)23(33)34)8-18(22(29)32)21(31)27-9-14-3-5-17(25)6-4-14;1-23(2)12-28(13-23)19(30)11-29-20-15(7-16(24)10-26-20)8-18(22(29)32)21(31)27-9-14-3-5-17(25)6-4-14/h4-9,11H,10,12-14H2,1-3H3,(H,28,32);3-8,10H,9,11-13H2,1-2H3,(H,27,31)(H,33,34);3-8,10H,9,11-13H2,1-2H3,(H,27,31). The van der Waals surface area contributed by atoms with E-state index in [1.807, 2.05) is 13.8 Å². The number of nitrogens with one attached hydrogen (secondary N) is 3. The summed E-state index contributed by atoms with van der Waals surface area (Å²) in [5.41, 5.74) is 1.05. The Morgan fingerprint density at radius 1 is 0.455 bits per heavy atom. The van der Waals surface area contributed by atoms with Crippen LogP contribution in [0, 0.1) is 16.2 Å². The molecule has 3 aliphatic heterocycles. The van der Waals surface area contributed by atoms with Gasteiger partial charge in [0.1, 0.15) is 53.3 Å². The maximum absolute atomic E-state index is 13.3. The van der Waals surface area contributed by atoms with Crippen LogP contribution < -0.4 is 32.6 Å². The first-order valence-corrected chi connectivity index (χ1v) is 33.7. The Labute approximate surface area is 601 Å². The Morgan fingerprint density at radius 3 is 1.04 bits per heavy atom. The Kier molecular flexibility index (Phi) is 22.1. The van der Waals surface area contributed by atoms with Gasteiger partial charge < -0.3 is 40.5 Å². The molecule has 0 saturated carbocycles. The van der Waals surface area contributed by atoms with Crippen molar-refractivity contribution < 1.29 is 48.2 Å². The van der Waals surface area contributed by atoms with Crippen molar-refractivity contribution in [1.29, 1.82) is 0 Å². The van der Waals surface area contributed by atoms with Gasteiger partial charge in [-0.05, 0) is 122 Å². The molecule has 0 aliphatic carbocycles. The van der Waals surface area contributed by atoms with Crippen molar-refractivity contribution >= 4 is 131 Å². The van der Waals surface area contributed by atoms with Gasteiger partial charge >= 0.3 is 11.9 Å². The van der Waals surface area contributed by atoms with Crippen LogP contribution in [-0.2, 0) is 58.4 Å². The van der Waals surface area contributed by atoms with Gasteiger partial charge in [0.2, 0.25) is 17.7 Å². The number of esters is 1. The minimum Gasteiger partial charge on any atom is -0.478 e. The summed E-state index contributed by atoms with van der Waals surface area (Å²) < 4.78 is 9.06. The summed E-state index contributed by atoms with van der Waals surface area (Å²) >= 11 is 21.1. The summed E-state index contributed by atoms with van der Waals surface area (Å²) in [5, 5.41) is 20.5. The van der Waals surface area contributed by atoms with E-state index in [4.69, 9.17) is 39.5 Å². The second kappa shape index (κ2) is 30.4. The van der Waals surface area contributed by atoms with Crippen molar-refractivity contribution in [3.63, 3.8) is 0 Å². The highest BCUT2D eigenvalue weighted by molar-refractivity contribution is 9.10. The van der Waals surface area contributed by atoms with Crippen LogP contribution in [0.2, 0.25) is 15.1 Å². The van der Waals surface area contributed by atoms with Crippen LogP contribution in [0.15, 0.2) is 147 Å². The number of pyridine rings is 6. The molecule has 9 aromatic rings. The van der Waals surface area contributed by atoms with E-state index >= 15 is 0 Å². The van der Waals surface area contributed by atoms with Gasteiger partial charge in [0.15, 0.2) is 0 Å². The minimum absolute atomic E-state index is 0.0146. The molecule has 6 amide bonds. The number of carbonyl (C=O) groups excluding carboxylic acids is 7. The summed E-state index contributed by atoms with van der Waals surface area (Å²) in [6.45, 7) is 15.8. The highest BCUT2D eigenvalue weighted by Crippen LogP contribution is 2.32. The van der Waals surface area contributed by atoms with E-state index in [1.54, 1.807) is 99.8 Å². The molecule has 0 bridgehead atoms. The fourth-order valence-electron chi connectivity index (χ4n) is 11.9. The van der Waals surface area contributed by atoms with Crippen molar-refractivity contribution in [3.8, 4) is 0 Å². The number of halogens is 4. The lowest BCUT2D eigenvalue weighted by Gasteiger charge is -2.45. The fourth-order valence-corrected chi connectivity index (χ4v) is 12.6. The van der Waals surface area contributed by atoms with Crippen LogP contribution in [-0.4, -0.2) is 142 Å². The smallest absolute Gasteiger partial charge is 0.339 e. The summed E-state index contributed by atoms with van der Waals surface area (Å²) in [4.78, 5) is 158. The van der Waals surface area contributed by atoms with Crippen LogP contribution in [0.4, 0.5) is 0 Å². The summed E-state index contributed by atoms with van der Waals surface area (Å²) in [6, 6.07) is 29.7. The molecule has 0 spiro atoms. The zero-order valence-electron chi connectivity index (χ0n) is 56.0. The number of methoxy groups -OCH3 is 1. The Bertz CT molecular complexity index is 4980. The van der Waals surface area contributed by atoms with Gasteiger partial charge in [-0.15, -0.1) is 0 Å². The number of fused-ring (bicyclic) bond motifs is 3. The molecule has 524 valence electrons. The summed E-state index contributed by atoms with van der Waals surface area (Å²) in [5.74, 6) is -4.26. The van der Waals surface area contributed by atoms with Gasteiger partial charge in [-0.1, -0.05) is 113 Å². The lowest BCUT2D eigenvalue weighted by Crippen LogP contribution is -2.56. The number of carbonyl (C=O) groups is 8. The molecular formula is C72H70BrCl3N12O13. The van der Waals surface area contributed by atoms with Gasteiger partial charge in [-0.2, -0.15) is 0 Å².